The van der Waals surface area contributed by atoms with Crippen molar-refractivity contribution in [2.45, 2.75) is 45.2 Å². The summed E-state index contributed by atoms with van der Waals surface area (Å²) < 4.78 is 7.65. The number of para-hydroxylation sites is 2. The minimum absolute atomic E-state index is 0.294. The van der Waals surface area contributed by atoms with Gasteiger partial charge in [0.2, 0.25) is 0 Å². The molecule has 1 fully saturated rings. The maximum absolute atomic E-state index is 12.4. The van der Waals surface area contributed by atoms with E-state index in [2.05, 4.69) is 20.3 Å². The highest BCUT2D eigenvalue weighted by Crippen LogP contribution is 2.33. The second kappa shape index (κ2) is 9.43. The van der Waals surface area contributed by atoms with Crippen LogP contribution in [0.1, 0.15) is 44.3 Å². The molecular weight excluding hydrogens is 378 g/mol. The summed E-state index contributed by atoms with van der Waals surface area (Å²) in [5.74, 6) is 0.651. The standard InChI is InChI=1S/C23H27N5O2/c1-2-30-22-13-6-5-12-20(22)26-23(29)25-16-17-15-21(19-11-7-8-14-24-19)28(27-17)18-9-3-4-10-18/h5-8,11-15,18H,2-4,9-10,16H2,1H3,(H2,25,26,29). The molecule has 0 unspecified atom stereocenters. The molecule has 0 bridgehead atoms. The van der Waals surface area contributed by atoms with Crippen molar-refractivity contribution in [1.82, 2.24) is 20.1 Å². The summed E-state index contributed by atoms with van der Waals surface area (Å²) in [4.78, 5) is 16.9. The Morgan fingerprint density at radius 2 is 1.97 bits per heavy atom. The number of anilines is 1. The van der Waals surface area contributed by atoms with E-state index in [9.17, 15) is 4.79 Å². The van der Waals surface area contributed by atoms with Gasteiger partial charge in [-0.05, 0) is 50.1 Å². The molecule has 2 amide bonds. The van der Waals surface area contributed by atoms with Gasteiger partial charge in [-0.1, -0.05) is 31.0 Å². The first-order chi connectivity index (χ1) is 14.7. The molecule has 3 aromatic rings. The summed E-state index contributed by atoms with van der Waals surface area (Å²) in [7, 11) is 0. The Morgan fingerprint density at radius 3 is 2.73 bits per heavy atom. The molecule has 1 aromatic carbocycles. The van der Waals surface area contributed by atoms with Crippen molar-refractivity contribution >= 4 is 11.7 Å². The average Bonchev–Trinajstić information content (AvgIpc) is 3.44. The lowest BCUT2D eigenvalue weighted by molar-refractivity contribution is 0.251. The van der Waals surface area contributed by atoms with Crippen LogP contribution in [0.3, 0.4) is 0 Å². The summed E-state index contributed by atoms with van der Waals surface area (Å²) in [6.07, 6.45) is 6.50. The van der Waals surface area contributed by atoms with Gasteiger partial charge in [-0.2, -0.15) is 5.10 Å². The third-order valence-electron chi connectivity index (χ3n) is 5.25. The monoisotopic (exact) mass is 405 g/mol. The van der Waals surface area contributed by atoms with Crippen molar-refractivity contribution in [3.8, 4) is 17.1 Å². The zero-order valence-electron chi connectivity index (χ0n) is 17.2. The fourth-order valence-corrected chi connectivity index (χ4v) is 3.85. The second-order valence-corrected chi connectivity index (χ2v) is 7.36. The zero-order valence-corrected chi connectivity index (χ0v) is 17.2. The summed E-state index contributed by atoms with van der Waals surface area (Å²) in [6.45, 7) is 2.79. The molecule has 0 spiro atoms. The zero-order chi connectivity index (χ0) is 20.8. The third kappa shape index (κ3) is 4.62. The predicted molar refractivity (Wildman–Crippen MR) is 116 cm³/mol. The Hall–Kier alpha value is -3.35. The molecule has 1 saturated carbocycles. The Bertz CT molecular complexity index is 980. The Labute approximate surface area is 176 Å². The normalized spacial score (nSPS) is 13.9. The maximum Gasteiger partial charge on any atom is 0.319 e. The van der Waals surface area contributed by atoms with Gasteiger partial charge in [0.25, 0.3) is 0 Å². The van der Waals surface area contributed by atoms with Gasteiger partial charge in [-0.25, -0.2) is 4.79 Å². The van der Waals surface area contributed by atoms with Crippen molar-refractivity contribution in [3.63, 3.8) is 0 Å². The molecule has 0 atom stereocenters. The van der Waals surface area contributed by atoms with Gasteiger partial charge in [0.05, 0.1) is 42.0 Å². The van der Waals surface area contributed by atoms with Crippen LogP contribution in [0.15, 0.2) is 54.7 Å². The highest BCUT2D eigenvalue weighted by Gasteiger charge is 2.22. The van der Waals surface area contributed by atoms with Crippen LogP contribution in [-0.4, -0.2) is 27.4 Å². The number of urea groups is 1. The van der Waals surface area contributed by atoms with Crippen LogP contribution in [-0.2, 0) is 6.54 Å². The van der Waals surface area contributed by atoms with E-state index in [4.69, 9.17) is 9.84 Å². The molecule has 2 heterocycles. The minimum Gasteiger partial charge on any atom is -0.492 e. The number of hydrogen-bond donors (Lipinski definition) is 2. The van der Waals surface area contributed by atoms with Gasteiger partial charge < -0.3 is 15.4 Å². The van der Waals surface area contributed by atoms with Crippen molar-refractivity contribution in [3.05, 3.63) is 60.4 Å². The van der Waals surface area contributed by atoms with Gasteiger partial charge in [0, 0.05) is 6.20 Å². The first-order valence-corrected chi connectivity index (χ1v) is 10.5. The number of pyridine rings is 1. The third-order valence-corrected chi connectivity index (χ3v) is 5.25. The van der Waals surface area contributed by atoms with Crippen LogP contribution in [0.25, 0.3) is 11.4 Å². The highest BCUT2D eigenvalue weighted by atomic mass is 16.5. The molecular formula is C23H27N5O2. The molecule has 1 aliphatic rings. The van der Waals surface area contributed by atoms with Crippen LogP contribution in [0, 0.1) is 0 Å². The van der Waals surface area contributed by atoms with Crippen molar-refractivity contribution in [2.24, 2.45) is 0 Å². The largest absolute Gasteiger partial charge is 0.492 e. The number of nitrogens with one attached hydrogen (secondary N) is 2. The molecule has 4 rings (SSSR count). The molecule has 156 valence electrons. The van der Waals surface area contributed by atoms with Crippen LogP contribution < -0.4 is 15.4 Å². The predicted octanol–water partition coefficient (Wildman–Crippen LogP) is 4.78. The summed E-state index contributed by atoms with van der Waals surface area (Å²) >= 11 is 0. The quantitative estimate of drug-likeness (QED) is 0.593. The van der Waals surface area contributed by atoms with Crippen LogP contribution in [0.4, 0.5) is 10.5 Å². The number of rotatable bonds is 7. The van der Waals surface area contributed by atoms with E-state index in [1.54, 1.807) is 6.20 Å². The lowest BCUT2D eigenvalue weighted by Crippen LogP contribution is -2.28. The molecule has 1 aliphatic carbocycles. The van der Waals surface area contributed by atoms with Crippen LogP contribution >= 0.6 is 0 Å². The second-order valence-electron chi connectivity index (χ2n) is 7.36. The molecule has 7 heteroatoms. The molecule has 7 nitrogen and oxygen atoms in total. The summed E-state index contributed by atoms with van der Waals surface area (Å²) in [6, 6.07) is 15.4. The number of amides is 2. The Kier molecular flexibility index (Phi) is 6.27. The van der Waals surface area contributed by atoms with Crippen LogP contribution in [0.2, 0.25) is 0 Å². The van der Waals surface area contributed by atoms with Gasteiger partial charge in [0.15, 0.2) is 0 Å². The van der Waals surface area contributed by atoms with E-state index >= 15 is 0 Å². The first kappa shape index (κ1) is 19.9. The molecule has 0 radical (unpaired) electrons. The fourth-order valence-electron chi connectivity index (χ4n) is 3.85. The van der Waals surface area contributed by atoms with Crippen LogP contribution in [0.5, 0.6) is 5.75 Å². The Morgan fingerprint density at radius 1 is 1.17 bits per heavy atom. The first-order valence-electron chi connectivity index (χ1n) is 10.5. The van der Waals surface area contributed by atoms with E-state index in [1.807, 2.05) is 55.5 Å². The van der Waals surface area contributed by atoms with Crippen molar-refractivity contribution < 1.29 is 9.53 Å². The number of carbonyl (C=O) groups is 1. The van der Waals surface area contributed by atoms with Crippen molar-refractivity contribution in [1.29, 1.82) is 0 Å². The van der Waals surface area contributed by atoms with E-state index in [-0.39, 0.29) is 6.03 Å². The van der Waals surface area contributed by atoms with Crippen molar-refractivity contribution in [2.75, 3.05) is 11.9 Å². The lowest BCUT2D eigenvalue weighted by atomic mass is 10.2. The van der Waals surface area contributed by atoms with Gasteiger partial charge >= 0.3 is 6.03 Å². The van der Waals surface area contributed by atoms with Gasteiger partial charge in [-0.15, -0.1) is 0 Å². The minimum atomic E-state index is -0.294. The SMILES string of the molecule is CCOc1ccccc1NC(=O)NCc1cc(-c2ccccn2)n(C2CCCC2)n1. The number of ether oxygens (including phenoxy) is 1. The molecule has 2 aromatic heterocycles. The summed E-state index contributed by atoms with van der Waals surface area (Å²) in [5, 5.41) is 10.6. The number of carbonyl (C=O) groups excluding carboxylic acids is 1. The number of hydrogen-bond acceptors (Lipinski definition) is 4. The number of benzene rings is 1. The number of nitrogens with zero attached hydrogens (tertiary/aromatic N) is 3. The van der Waals surface area contributed by atoms with E-state index in [1.165, 1.54) is 12.8 Å². The summed E-state index contributed by atoms with van der Waals surface area (Å²) in [5.41, 5.74) is 3.36. The smallest absolute Gasteiger partial charge is 0.319 e. The Balaban J connectivity index is 1.46. The molecule has 0 saturated heterocycles. The number of aromatic nitrogens is 3. The average molecular weight is 406 g/mol. The molecule has 30 heavy (non-hydrogen) atoms. The van der Waals surface area contributed by atoms with Gasteiger partial charge in [-0.3, -0.25) is 9.67 Å². The topological polar surface area (TPSA) is 81.1 Å². The lowest BCUT2D eigenvalue weighted by Gasteiger charge is -2.13. The van der Waals surface area contributed by atoms with Gasteiger partial charge in [0.1, 0.15) is 5.75 Å². The highest BCUT2D eigenvalue weighted by molar-refractivity contribution is 5.90. The van der Waals surface area contributed by atoms with E-state index in [0.29, 0.717) is 30.6 Å². The fraction of sp³-hybridized carbons (Fsp3) is 0.348. The molecule has 0 aliphatic heterocycles. The van der Waals surface area contributed by atoms with E-state index < -0.39 is 0 Å². The molecule has 2 N–H and O–H groups in total. The van der Waals surface area contributed by atoms with E-state index in [0.717, 1.165) is 29.9 Å². The maximum atomic E-state index is 12.4.